The number of nitrogens with zero attached hydrogens (tertiary/aromatic N) is 8. The molecular weight excluding hydrogens is 458 g/mol. The number of hydrogen-bond acceptors (Lipinski definition) is 8. The molecule has 1 aliphatic heterocycles. The molecule has 11 nitrogen and oxygen atoms in total. The molecule has 5 aromatic heterocycles. The summed E-state index contributed by atoms with van der Waals surface area (Å²) in [7, 11) is 0. The Kier molecular flexibility index (Phi) is 5.25. The molecule has 6 rings (SSSR count). The summed E-state index contributed by atoms with van der Waals surface area (Å²) < 4.78 is 33.9. The number of hydrogen-bond donors (Lipinski definition) is 2. The molecule has 0 atom stereocenters. The zero-order chi connectivity index (χ0) is 23.9. The molecule has 0 radical (unpaired) electrons. The Hall–Kier alpha value is -4.13. The summed E-state index contributed by atoms with van der Waals surface area (Å²) in [5, 5.41) is 11.9. The first-order valence-electron chi connectivity index (χ1n) is 11.1. The average molecular weight is 480 g/mol. The molecule has 35 heavy (non-hydrogen) atoms. The molecule has 0 unspecified atom stereocenters. The lowest BCUT2D eigenvalue weighted by Crippen LogP contribution is -2.37. The Balaban J connectivity index is 1.39. The van der Waals surface area contributed by atoms with Crippen LogP contribution in [0.4, 0.5) is 20.3 Å². The van der Waals surface area contributed by atoms with Crippen molar-refractivity contribution in [3.05, 3.63) is 48.3 Å². The monoisotopic (exact) mass is 480 g/mol. The van der Waals surface area contributed by atoms with Crippen LogP contribution >= 0.6 is 0 Å². The van der Waals surface area contributed by atoms with Gasteiger partial charge in [-0.2, -0.15) is 13.9 Å². The lowest BCUT2D eigenvalue weighted by Gasteiger charge is -2.28. The van der Waals surface area contributed by atoms with Crippen molar-refractivity contribution in [1.82, 2.24) is 39.3 Å². The molecule has 1 saturated heterocycles. The largest absolute Gasteiger partial charge is 0.378 e. The minimum Gasteiger partial charge on any atom is -0.378 e. The maximum Gasteiger partial charge on any atom is 0.333 e. The molecule has 0 saturated carbocycles. The quantitative estimate of drug-likeness (QED) is 0.381. The molecule has 0 bridgehead atoms. The highest BCUT2D eigenvalue weighted by Crippen LogP contribution is 2.28. The molecule has 0 spiro atoms. The first-order chi connectivity index (χ1) is 17.1. The van der Waals surface area contributed by atoms with Crippen LogP contribution in [0, 0.1) is 6.92 Å². The number of aromatic nitrogens is 8. The number of halogens is 2. The third kappa shape index (κ3) is 3.93. The molecular formula is C22H22F2N10O. The number of morpholine rings is 1. The number of fused-ring (bicyclic) bond motifs is 2. The second kappa shape index (κ2) is 8.58. The first kappa shape index (κ1) is 21.4. The van der Waals surface area contributed by atoms with Crippen LogP contribution in [-0.4, -0.2) is 65.6 Å². The van der Waals surface area contributed by atoms with Crippen molar-refractivity contribution < 1.29 is 13.5 Å². The molecule has 180 valence electrons. The number of anilines is 2. The molecule has 0 amide bonds. The number of ether oxygens (including phenoxy) is 1. The van der Waals surface area contributed by atoms with Crippen molar-refractivity contribution in [2.45, 2.75) is 20.0 Å². The van der Waals surface area contributed by atoms with E-state index in [9.17, 15) is 8.78 Å². The van der Waals surface area contributed by atoms with Gasteiger partial charge in [0.05, 0.1) is 49.1 Å². The maximum atomic E-state index is 13.1. The van der Waals surface area contributed by atoms with Crippen LogP contribution in [-0.2, 0) is 11.3 Å². The van der Waals surface area contributed by atoms with E-state index >= 15 is 0 Å². The van der Waals surface area contributed by atoms with Crippen LogP contribution in [0.25, 0.3) is 28.1 Å². The topological polar surface area (TPSA) is 114 Å². The van der Waals surface area contributed by atoms with Gasteiger partial charge in [0.15, 0.2) is 17.1 Å². The van der Waals surface area contributed by atoms with Gasteiger partial charge in [0.25, 0.3) is 0 Å². The van der Waals surface area contributed by atoms with Gasteiger partial charge in [0.1, 0.15) is 5.82 Å². The van der Waals surface area contributed by atoms with Gasteiger partial charge in [-0.25, -0.2) is 24.1 Å². The van der Waals surface area contributed by atoms with E-state index in [0.29, 0.717) is 60.1 Å². The number of aryl methyl sites for hydroxylation is 1. The maximum absolute atomic E-state index is 13.1. The van der Waals surface area contributed by atoms with Crippen LogP contribution in [0.1, 0.15) is 17.9 Å². The van der Waals surface area contributed by atoms with E-state index in [1.165, 1.54) is 12.4 Å². The Morgan fingerprint density at radius 3 is 2.83 bits per heavy atom. The van der Waals surface area contributed by atoms with Crippen molar-refractivity contribution in [2.24, 2.45) is 0 Å². The number of rotatable bonds is 6. The molecule has 5 aromatic rings. The summed E-state index contributed by atoms with van der Waals surface area (Å²) in [5.74, 6) is 1.46. The third-order valence-corrected chi connectivity index (χ3v) is 5.98. The molecule has 2 N–H and O–H groups in total. The summed E-state index contributed by atoms with van der Waals surface area (Å²) in [6, 6.07) is 3.87. The van der Waals surface area contributed by atoms with Gasteiger partial charge < -0.3 is 19.9 Å². The standard InChI is InChI=1S/C22H22F2N10O/c1-13-2-3-25-20-19(13)29-17(30-20)11-26-15-8-18(32-4-6-35-7-5-32)31-34-16(10-27-21(15)34)14-9-28-33(12-14)22(23)24/h2-3,8-10,12,22,26H,4-7,11H2,1H3,(H,25,29,30). The fourth-order valence-electron chi connectivity index (χ4n) is 4.15. The van der Waals surface area contributed by atoms with Crippen molar-refractivity contribution in [1.29, 1.82) is 0 Å². The van der Waals surface area contributed by atoms with Crippen molar-refractivity contribution >= 4 is 28.3 Å². The smallest absolute Gasteiger partial charge is 0.333 e. The van der Waals surface area contributed by atoms with E-state index in [1.54, 1.807) is 16.9 Å². The highest BCUT2D eigenvalue weighted by atomic mass is 19.3. The lowest BCUT2D eigenvalue weighted by molar-refractivity contribution is 0.0566. The number of imidazole rings is 2. The summed E-state index contributed by atoms with van der Waals surface area (Å²) in [6.45, 7) is 2.28. The highest BCUT2D eigenvalue weighted by Gasteiger charge is 2.20. The molecule has 6 heterocycles. The number of H-pyrrole nitrogens is 1. The summed E-state index contributed by atoms with van der Waals surface area (Å²) >= 11 is 0. The van der Waals surface area contributed by atoms with Gasteiger partial charge in [-0.15, -0.1) is 5.10 Å². The number of alkyl halides is 2. The van der Waals surface area contributed by atoms with E-state index in [1.807, 2.05) is 19.1 Å². The fraction of sp³-hybridized carbons (Fsp3) is 0.318. The van der Waals surface area contributed by atoms with Gasteiger partial charge in [0.2, 0.25) is 0 Å². The summed E-state index contributed by atoms with van der Waals surface area (Å²) in [5.41, 5.74) is 4.98. The first-order valence-corrected chi connectivity index (χ1v) is 11.1. The van der Waals surface area contributed by atoms with Gasteiger partial charge in [0, 0.05) is 37.1 Å². The van der Waals surface area contributed by atoms with E-state index < -0.39 is 6.55 Å². The zero-order valence-electron chi connectivity index (χ0n) is 18.8. The van der Waals surface area contributed by atoms with Crippen molar-refractivity contribution in [3.8, 4) is 11.3 Å². The minimum atomic E-state index is -2.72. The van der Waals surface area contributed by atoms with Crippen LogP contribution in [0.3, 0.4) is 0 Å². The predicted molar refractivity (Wildman–Crippen MR) is 124 cm³/mol. The second-order valence-electron chi connectivity index (χ2n) is 8.24. The second-order valence-corrected chi connectivity index (χ2v) is 8.24. The average Bonchev–Trinajstić information content (AvgIpc) is 3.61. The van der Waals surface area contributed by atoms with E-state index in [4.69, 9.17) is 9.84 Å². The van der Waals surface area contributed by atoms with Crippen LogP contribution < -0.4 is 10.2 Å². The van der Waals surface area contributed by atoms with Crippen molar-refractivity contribution in [3.63, 3.8) is 0 Å². The minimum absolute atomic E-state index is 0.406. The van der Waals surface area contributed by atoms with Gasteiger partial charge in [-0.05, 0) is 18.6 Å². The zero-order valence-corrected chi connectivity index (χ0v) is 18.8. The Labute approximate surface area is 197 Å². The molecule has 13 heteroatoms. The van der Waals surface area contributed by atoms with E-state index in [-0.39, 0.29) is 0 Å². The van der Waals surface area contributed by atoms with E-state index in [0.717, 1.165) is 28.4 Å². The lowest BCUT2D eigenvalue weighted by atomic mass is 10.3. The molecule has 0 aromatic carbocycles. The van der Waals surface area contributed by atoms with Gasteiger partial charge in [-0.3, -0.25) is 0 Å². The molecule has 1 fully saturated rings. The van der Waals surface area contributed by atoms with Crippen LogP contribution in [0.15, 0.2) is 36.9 Å². The Morgan fingerprint density at radius 1 is 1.20 bits per heavy atom. The van der Waals surface area contributed by atoms with E-state index in [2.05, 4.69) is 35.3 Å². The number of aromatic amines is 1. The van der Waals surface area contributed by atoms with Gasteiger partial charge in [-0.1, -0.05) is 0 Å². The fourth-order valence-corrected chi connectivity index (χ4v) is 4.15. The third-order valence-electron chi connectivity index (χ3n) is 5.98. The van der Waals surface area contributed by atoms with Crippen molar-refractivity contribution in [2.75, 3.05) is 36.5 Å². The predicted octanol–water partition coefficient (Wildman–Crippen LogP) is 3.02. The SMILES string of the molecule is Cc1ccnc2nc(CNc3cc(N4CCOCC4)nn4c(-c5cnn(C(F)F)c5)cnc34)[nH]c12. The highest BCUT2D eigenvalue weighted by molar-refractivity contribution is 5.76. The number of pyridine rings is 1. The summed E-state index contributed by atoms with van der Waals surface area (Å²) in [4.78, 5) is 18.9. The normalized spacial score (nSPS) is 14.5. The Bertz CT molecular complexity index is 1500. The molecule has 1 aliphatic rings. The number of nitrogens with one attached hydrogen (secondary N) is 2. The molecule has 0 aliphatic carbocycles. The van der Waals surface area contributed by atoms with Gasteiger partial charge >= 0.3 is 6.55 Å². The van der Waals surface area contributed by atoms with Crippen LogP contribution in [0.2, 0.25) is 0 Å². The Morgan fingerprint density at radius 2 is 2.06 bits per heavy atom. The van der Waals surface area contributed by atoms with Crippen LogP contribution in [0.5, 0.6) is 0 Å². The summed E-state index contributed by atoms with van der Waals surface area (Å²) in [6.07, 6.45) is 6.01.